The number of benzene rings is 2. The normalized spacial score (nSPS) is 20.4. The molecule has 1 unspecified atom stereocenters. The molecule has 0 saturated carbocycles. The summed E-state index contributed by atoms with van der Waals surface area (Å²) >= 11 is 0. The Balaban J connectivity index is 1.24. The topological polar surface area (TPSA) is 35.6 Å². The molecule has 2 aromatic rings. The van der Waals surface area contributed by atoms with Crippen LogP contribution in [0.1, 0.15) is 59.7 Å². The van der Waals surface area contributed by atoms with Gasteiger partial charge in [0.25, 0.3) is 5.91 Å². The highest BCUT2D eigenvalue weighted by molar-refractivity contribution is 5.94. The Kier molecular flexibility index (Phi) is 7.19. The van der Waals surface area contributed by atoms with Gasteiger partial charge in [0, 0.05) is 31.7 Å². The minimum atomic E-state index is -0.00529. The van der Waals surface area contributed by atoms with Crippen molar-refractivity contribution in [3.63, 3.8) is 0 Å². The van der Waals surface area contributed by atoms with Crippen LogP contribution >= 0.6 is 0 Å². The molecule has 0 radical (unpaired) electrons. The van der Waals surface area contributed by atoms with Gasteiger partial charge in [-0.15, -0.1) is 0 Å². The van der Waals surface area contributed by atoms with E-state index in [0.29, 0.717) is 6.54 Å². The molecular formula is C26H35N3O. The molecule has 0 spiro atoms. The first-order valence-corrected chi connectivity index (χ1v) is 11.6. The van der Waals surface area contributed by atoms with E-state index in [1.807, 2.05) is 12.1 Å². The van der Waals surface area contributed by atoms with E-state index in [9.17, 15) is 4.79 Å². The standard InChI is InChI=1S/C26H35N3O/c1-21-5-4-16-29(18-21)20-24-10-12-25(13-11-24)26(30)27-17-22-6-8-23(9-7-22)19-28-14-2-3-15-28/h6-13,21H,2-5,14-20H2,1H3,(H,27,30). The molecule has 30 heavy (non-hydrogen) atoms. The molecule has 2 aliphatic rings. The van der Waals surface area contributed by atoms with E-state index >= 15 is 0 Å². The number of piperidine rings is 1. The first-order valence-electron chi connectivity index (χ1n) is 11.6. The highest BCUT2D eigenvalue weighted by Gasteiger charge is 2.16. The molecular weight excluding hydrogens is 370 g/mol. The average Bonchev–Trinajstić information content (AvgIpc) is 3.27. The number of nitrogens with one attached hydrogen (secondary N) is 1. The van der Waals surface area contributed by atoms with Crippen LogP contribution in [0.25, 0.3) is 0 Å². The Hall–Kier alpha value is -2.17. The van der Waals surface area contributed by atoms with Crippen molar-refractivity contribution in [3.8, 4) is 0 Å². The van der Waals surface area contributed by atoms with Crippen LogP contribution in [0.15, 0.2) is 48.5 Å². The van der Waals surface area contributed by atoms with Crippen molar-refractivity contribution < 1.29 is 4.79 Å². The van der Waals surface area contributed by atoms with Gasteiger partial charge in [-0.1, -0.05) is 43.3 Å². The molecule has 2 saturated heterocycles. The van der Waals surface area contributed by atoms with E-state index in [-0.39, 0.29) is 5.91 Å². The van der Waals surface area contributed by atoms with Gasteiger partial charge in [-0.25, -0.2) is 0 Å². The number of carbonyl (C=O) groups is 1. The fourth-order valence-electron chi connectivity index (χ4n) is 4.70. The van der Waals surface area contributed by atoms with Crippen LogP contribution in [-0.2, 0) is 19.6 Å². The Morgan fingerprint density at radius 3 is 2.07 bits per heavy atom. The molecule has 1 amide bonds. The van der Waals surface area contributed by atoms with Gasteiger partial charge in [0.1, 0.15) is 0 Å². The van der Waals surface area contributed by atoms with Crippen LogP contribution in [0.5, 0.6) is 0 Å². The first kappa shape index (κ1) is 21.1. The summed E-state index contributed by atoms with van der Waals surface area (Å²) in [6.45, 7) is 9.71. The molecule has 4 rings (SSSR count). The SMILES string of the molecule is CC1CCCN(Cc2ccc(C(=O)NCc3ccc(CN4CCCC4)cc3)cc2)C1. The minimum Gasteiger partial charge on any atom is -0.348 e. The zero-order valence-electron chi connectivity index (χ0n) is 18.3. The molecule has 4 heteroatoms. The highest BCUT2D eigenvalue weighted by Crippen LogP contribution is 2.18. The number of rotatable bonds is 7. The zero-order valence-corrected chi connectivity index (χ0v) is 18.3. The van der Waals surface area contributed by atoms with Gasteiger partial charge in [-0.2, -0.15) is 0 Å². The fraction of sp³-hybridized carbons (Fsp3) is 0.500. The maximum absolute atomic E-state index is 12.5. The van der Waals surface area contributed by atoms with Crippen LogP contribution in [0, 0.1) is 5.92 Å². The van der Waals surface area contributed by atoms with Crippen molar-refractivity contribution >= 4 is 5.91 Å². The number of hydrogen-bond donors (Lipinski definition) is 1. The molecule has 2 aliphatic heterocycles. The van der Waals surface area contributed by atoms with Crippen LogP contribution in [0.3, 0.4) is 0 Å². The van der Waals surface area contributed by atoms with Gasteiger partial charge in [0.05, 0.1) is 0 Å². The van der Waals surface area contributed by atoms with E-state index < -0.39 is 0 Å². The van der Waals surface area contributed by atoms with E-state index in [0.717, 1.165) is 30.1 Å². The van der Waals surface area contributed by atoms with Gasteiger partial charge in [0.2, 0.25) is 0 Å². The number of amides is 1. The third-order valence-corrected chi connectivity index (χ3v) is 6.44. The molecule has 2 aromatic carbocycles. The largest absolute Gasteiger partial charge is 0.348 e. The Labute approximate surface area is 181 Å². The van der Waals surface area contributed by atoms with Crippen molar-refractivity contribution in [1.29, 1.82) is 0 Å². The van der Waals surface area contributed by atoms with Crippen molar-refractivity contribution in [3.05, 3.63) is 70.8 Å². The fourth-order valence-corrected chi connectivity index (χ4v) is 4.70. The molecule has 1 N–H and O–H groups in total. The molecule has 2 heterocycles. The summed E-state index contributed by atoms with van der Waals surface area (Å²) < 4.78 is 0. The number of likely N-dealkylation sites (tertiary alicyclic amines) is 2. The van der Waals surface area contributed by atoms with E-state index in [1.165, 1.54) is 63.0 Å². The summed E-state index contributed by atoms with van der Waals surface area (Å²) in [4.78, 5) is 17.6. The maximum atomic E-state index is 12.5. The molecule has 1 atom stereocenters. The Morgan fingerprint density at radius 1 is 0.833 bits per heavy atom. The molecule has 2 fully saturated rings. The van der Waals surface area contributed by atoms with Crippen LogP contribution in [-0.4, -0.2) is 41.9 Å². The van der Waals surface area contributed by atoms with Crippen LogP contribution in [0.2, 0.25) is 0 Å². The van der Waals surface area contributed by atoms with E-state index in [1.54, 1.807) is 0 Å². The predicted octanol–water partition coefficient (Wildman–Crippen LogP) is 4.44. The first-order chi connectivity index (χ1) is 14.7. The predicted molar refractivity (Wildman–Crippen MR) is 122 cm³/mol. The number of hydrogen-bond acceptors (Lipinski definition) is 3. The lowest BCUT2D eigenvalue weighted by molar-refractivity contribution is 0.0951. The third-order valence-electron chi connectivity index (χ3n) is 6.44. The van der Waals surface area contributed by atoms with Gasteiger partial charge in [-0.3, -0.25) is 14.6 Å². The Morgan fingerprint density at radius 2 is 1.40 bits per heavy atom. The quantitative estimate of drug-likeness (QED) is 0.739. The lowest BCUT2D eigenvalue weighted by Crippen LogP contribution is -2.33. The van der Waals surface area contributed by atoms with Gasteiger partial charge < -0.3 is 5.32 Å². The highest BCUT2D eigenvalue weighted by atomic mass is 16.1. The second-order valence-electron chi connectivity index (χ2n) is 9.16. The van der Waals surface area contributed by atoms with E-state index in [2.05, 4.69) is 58.4 Å². The summed E-state index contributed by atoms with van der Waals surface area (Å²) in [5.41, 5.74) is 4.51. The summed E-state index contributed by atoms with van der Waals surface area (Å²) in [5, 5.41) is 3.05. The second-order valence-corrected chi connectivity index (χ2v) is 9.16. The minimum absolute atomic E-state index is 0.00529. The van der Waals surface area contributed by atoms with Gasteiger partial charge >= 0.3 is 0 Å². The molecule has 160 valence electrons. The molecule has 0 aliphatic carbocycles. The maximum Gasteiger partial charge on any atom is 0.251 e. The van der Waals surface area contributed by atoms with Crippen LogP contribution < -0.4 is 5.32 Å². The molecule has 0 bridgehead atoms. The third kappa shape index (κ3) is 5.93. The van der Waals surface area contributed by atoms with Gasteiger partial charge in [0.15, 0.2) is 0 Å². The second kappa shape index (κ2) is 10.2. The smallest absolute Gasteiger partial charge is 0.251 e. The summed E-state index contributed by atoms with van der Waals surface area (Å²) in [6.07, 6.45) is 5.28. The summed E-state index contributed by atoms with van der Waals surface area (Å²) in [7, 11) is 0. The van der Waals surface area contributed by atoms with Gasteiger partial charge in [-0.05, 0) is 80.1 Å². The summed E-state index contributed by atoms with van der Waals surface area (Å²) in [6, 6.07) is 16.8. The van der Waals surface area contributed by atoms with Crippen molar-refractivity contribution in [1.82, 2.24) is 15.1 Å². The molecule has 0 aromatic heterocycles. The van der Waals surface area contributed by atoms with Crippen molar-refractivity contribution in [2.75, 3.05) is 26.2 Å². The number of carbonyl (C=O) groups excluding carboxylic acids is 1. The number of nitrogens with zero attached hydrogens (tertiary/aromatic N) is 2. The lowest BCUT2D eigenvalue weighted by Gasteiger charge is -2.30. The van der Waals surface area contributed by atoms with E-state index in [4.69, 9.17) is 0 Å². The molecule has 4 nitrogen and oxygen atoms in total. The lowest BCUT2D eigenvalue weighted by atomic mass is 9.99. The van der Waals surface area contributed by atoms with Crippen molar-refractivity contribution in [2.24, 2.45) is 5.92 Å². The average molecular weight is 406 g/mol. The zero-order chi connectivity index (χ0) is 20.8. The Bertz CT molecular complexity index is 809. The van der Waals surface area contributed by atoms with Crippen molar-refractivity contribution in [2.45, 2.75) is 52.2 Å². The monoisotopic (exact) mass is 405 g/mol. The van der Waals surface area contributed by atoms with Crippen LogP contribution in [0.4, 0.5) is 0 Å². The summed E-state index contributed by atoms with van der Waals surface area (Å²) in [5.74, 6) is 0.785.